The summed E-state index contributed by atoms with van der Waals surface area (Å²) in [5.41, 5.74) is 1.30. The van der Waals surface area contributed by atoms with Gasteiger partial charge in [0.25, 0.3) is 5.91 Å². The highest BCUT2D eigenvalue weighted by atomic mass is 19.1. The molecule has 3 rings (SSSR count). The summed E-state index contributed by atoms with van der Waals surface area (Å²) >= 11 is 0. The van der Waals surface area contributed by atoms with Crippen LogP contribution < -0.4 is 0 Å². The SMILES string of the molecule is CC(C)c1cc([C@H]2CCCN2C(=O)c2ccc(F)cc2)no1. The van der Waals surface area contributed by atoms with Crippen molar-refractivity contribution < 1.29 is 13.7 Å². The van der Waals surface area contributed by atoms with Crippen LogP contribution >= 0.6 is 0 Å². The van der Waals surface area contributed by atoms with E-state index in [-0.39, 0.29) is 23.7 Å². The van der Waals surface area contributed by atoms with Crippen molar-refractivity contribution in [2.24, 2.45) is 0 Å². The summed E-state index contributed by atoms with van der Waals surface area (Å²) in [5, 5.41) is 4.13. The largest absolute Gasteiger partial charge is 0.361 e. The molecule has 1 fully saturated rings. The van der Waals surface area contributed by atoms with Crippen molar-refractivity contribution in [3.63, 3.8) is 0 Å². The Balaban J connectivity index is 1.83. The Bertz CT molecular complexity index is 664. The maximum absolute atomic E-state index is 13.0. The molecule has 1 aliphatic rings. The van der Waals surface area contributed by atoms with E-state index in [1.54, 1.807) is 4.90 Å². The standard InChI is InChI=1S/C17H19FN2O2/c1-11(2)16-10-14(19-22-16)15-4-3-9-20(15)17(21)12-5-7-13(18)8-6-12/h5-8,10-11,15H,3-4,9H2,1-2H3/t15-/m1/s1. The number of aromatic nitrogens is 1. The molecule has 0 radical (unpaired) electrons. The van der Waals surface area contributed by atoms with Crippen molar-refractivity contribution in [2.45, 2.75) is 38.6 Å². The Labute approximate surface area is 128 Å². The van der Waals surface area contributed by atoms with E-state index in [0.29, 0.717) is 12.1 Å². The summed E-state index contributed by atoms with van der Waals surface area (Å²) < 4.78 is 18.4. The first-order chi connectivity index (χ1) is 10.6. The molecule has 1 aromatic heterocycles. The van der Waals surface area contributed by atoms with Gasteiger partial charge in [0.2, 0.25) is 0 Å². The summed E-state index contributed by atoms with van der Waals surface area (Å²) in [6, 6.07) is 7.54. The number of amides is 1. The molecule has 2 heterocycles. The number of halogens is 1. The van der Waals surface area contributed by atoms with Gasteiger partial charge in [0.05, 0.1) is 6.04 Å². The normalized spacial score (nSPS) is 18.2. The van der Waals surface area contributed by atoms with Gasteiger partial charge in [0.1, 0.15) is 17.3 Å². The molecule has 0 bridgehead atoms. The predicted molar refractivity (Wildman–Crippen MR) is 80.0 cm³/mol. The predicted octanol–water partition coefficient (Wildman–Crippen LogP) is 3.91. The highest BCUT2D eigenvalue weighted by molar-refractivity contribution is 5.94. The number of benzene rings is 1. The Kier molecular flexibility index (Phi) is 3.96. The molecule has 0 N–H and O–H groups in total. The summed E-state index contributed by atoms with van der Waals surface area (Å²) in [6.45, 7) is 4.77. The molecule has 4 nitrogen and oxygen atoms in total. The number of hydrogen-bond acceptors (Lipinski definition) is 3. The maximum Gasteiger partial charge on any atom is 0.254 e. The highest BCUT2D eigenvalue weighted by Crippen LogP contribution is 2.33. The summed E-state index contributed by atoms with van der Waals surface area (Å²) in [5.74, 6) is 0.671. The fourth-order valence-electron chi connectivity index (χ4n) is 2.81. The van der Waals surface area contributed by atoms with Crippen LogP contribution in [0.15, 0.2) is 34.9 Å². The smallest absolute Gasteiger partial charge is 0.254 e. The lowest BCUT2D eigenvalue weighted by atomic mass is 10.1. The van der Waals surface area contributed by atoms with Gasteiger partial charge in [-0.15, -0.1) is 0 Å². The second kappa shape index (κ2) is 5.91. The van der Waals surface area contributed by atoms with E-state index in [4.69, 9.17) is 4.52 Å². The summed E-state index contributed by atoms with van der Waals surface area (Å²) in [7, 11) is 0. The minimum Gasteiger partial charge on any atom is -0.361 e. The van der Waals surface area contributed by atoms with Crippen LogP contribution in [-0.2, 0) is 0 Å². The average Bonchev–Trinajstić information content (AvgIpc) is 3.16. The van der Waals surface area contributed by atoms with Crippen LogP contribution in [0.4, 0.5) is 4.39 Å². The molecule has 1 atom stereocenters. The molecule has 116 valence electrons. The van der Waals surface area contributed by atoms with E-state index in [2.05, 4.69) is 5.16 Å². The van der Waals surface area contributed by atoms with Gasteiger partial charge in [-0.1, -0.05) is 19.0 Å². The van der Waals surface area contributed by atoms with E-state index in [1.165, 1.54) is 24.3 Å². The van der Waals surface area contributed by atoms with E-state index in [1.807, 2.05) is 19.9 Å². The van der Waals surface area contributed by atoms with Crippen molar-refractivity contribution in [3.05, 3.63) is 53.2 Å². The molecular weight excluding hydrogens is 283 g/mol. The Hall–Kier alpha value is -2.17. The number of carbonyl (C=O) groups excluding carboxylic acids is 1. The minimum atomic E-state index is -0.340. The van der Waals surface area contributed by atoms with Crippen LogP contribution in [0.5, 0.6) is 0 Å². The molecule has 22 heavy (non-hydrogen) atoms. The molecule has 1 amide bonds. The van der Waals surface area contributed by atoms with E-state index in [0.717, 1.165) is 24.3 Å². The van der Waals surface area contributed by atoms with Crippen LogP contribution in [0.25, 0.3) is 0 Å². The average molecular weight is 302 g/mol. The lowest BCUT2D eigenvalue weighted by Gasteiger charge is -2.23. The van der Waals surface area contributed by atoms with Crippen molar-refractivity contribution in [1.82, 2.24) is 10.1 Å². The van der Waals surface area contributed by atoms with Crippen molar-refractivity contribution in [3.8, 4) is 0 Å². The number of carbonyl (C=O) groups is 1. The molecule has 0 aliphatic carbocycles. The monoisotopic (exact) mass is 302 g/mol. The van der Waals surface area contributed by atoms with Crippen molar-refractivity contribution in [1.29, 1.82) is 0 Å². The Morgan fingerprint density at radius 1 is 1.36 bits per heavy atom. The number of hydrogen-bond donors (Lipinski definition) is 0. The molecule has 1 aromatic carbocycles. The van der Waals surface area contributed by atoms with Gasteiger partial charge in [-0.2, -0.15) is 0 Å². The third-order valence-electron chi connectivity index (χ3n) is 4.06. The number of nitrogens with zero attached hydrogens (tertiary/aromatic N) is 2. The molecule has 2 aromatic rings. The minimum absolute atomic E-state index is 0.0613. The quantitative estimate of drug-likeness (QED) is 0.863. The molecule has 1 aliphatic heterocycles. The zero-order valence-electron chi connectivity index (χ0n) is 12.8. The lowest BCUT2D eigenvalue weighted by Crippen LogP contribution is -2.30. The maximum atomic E-state index is 13.0. The van der Waals surface area contributed by atoms with Gasteiger partial charge < -0.3 is 9.42 Å². The molecule has 0 spiro atoms. The lowest BCUT2D eigenvalue weighted by molar-refractivity contribution is 0.0730. The van der Waals surface area contributed by atoms with Crippen LogP contribution in [0.1, 0.15) is 60.5 Å². The zero-order valence-corrected chi connectivity index (χ0v) is 12.8. The van der Waals surface area contributed by atoms with Crippen LogP contribution in [0, 0.1) is 5.82 Å². The first kappa shape index (κ1) is 14.8. The van der Waals surface area contributed by atoms with Gasteiger partial charge in [-0.05, 0) is 37.1 Å². The summed E-state index contributed by atoms with van der Waals surface area (Å²) in [4.78, 5) is 14.4. The van der Waals surface area contributed by atoms with Crippen LogP contribution in [0.2, 0.25) is 0 Å². The number of likely N-dealkylation sites (tertiary alicyclic amines) is 1. The molecule has 0 unspecified atom stereocenters. The number of rotatable bonds is 3. The van der Waals surface area contributed by atoms with E-state index < -0.39 is 0 Å². The van der Waals surface area contributed by atoms with Gasteiger partial charge in [0, 0.05) is 24.1 Å². The van der Waals surface area contributed by atoms with Gasteiger partial charge >= 0.3 is 0 Å². The first-order valence-corrected chi connectivity index (χ1v) is 7.59. The second-order valence-corrected chi connectivity index (χ2v) is 5.97. The zero-order chi connectivity index (χ0) is 15.7. The topological polar surface area (TPSA) is 46.3 Å². The second-order valence-electron chi connectivity index (χ2n) is 5.97. The third-order valence-corrected chi connectivity index (χ3v) is 4.06. The van der Waals surface area contributed by atoms with Gasteiger partial charge in [-0.25, -0.2) is 4.39 Å². The fraction of sp³-hybridized carbons (Fsp3) is 0.412. The van der Waals surface area contributed by atoms with Crippen LogP contribution in [0.3, 0.4) is 0 Å². The van der Waals surface area contributed by atoms with Gasteiger partial charge in [0.15, 0.2) is 0 Å². The molecule has 1 saturated heterocycles. The summed E-state index contributed by atoms with van der Waals surface area (Å²) in [6.07, 6.45) is 1.80. The van der Waals surface area contributed by atoms with Crippen LogP contribution in [-0.4, -0.2) is 22.5 Å². The van der Waals surface area contributed by atoms with Gasteiger partial charge in [-0.3, -0.25) is 4.79 Å². The molecular formula is C17H19FN2O2. The van der Waals surface area contributed by atoms with Crippen molar-refractivity contribution >= 4 is 5.91 Å². The molecule has 5 heteroatoms. The fourth-order valence-corrected chi connectivity index (χ4v) is 2.81. The Morgan fingerprint density at radius 2 is 2.09 bits per heavy atom. The third kappa shape index (κ3) is 2.75. The molecule has 0 saturated carbocycles. The Morgan fingerprint density at radius 3 is 2.73 bits per heavy atom. The van der Waals surface area contributed by atoms with Crippen molar-refractivity contribution in [2.75, 3.05) is 6.54 Å². The first-order valence-electron chi connectivity index (χ1n) is 7.59. The van der Waals surface area contributed by atoms with E-state index >= 15 is 0 Å². The highest BCUT2D eigenvalue weighted by Gasteiger charge is 2.32. The van der Waals surface area contributed by atoms with E-state index in [9.17, 15) is 9.18 Å².